The summed E-state index contributed by atoms with van der Waals surface area (Å²) >= 11 is 0. The fraction of sp³-hybridized carbons (Fsp3) is 0.333. The van der Waals surface area contributed by atoms with E-state index in [1.807, 2.05) is 54.6 Å². The molecule has 1 fully saturated rings. The van der Waals surface area contributed by atoms with Gasteiger partial charge in [-0.3, -0.25) is 4.79 Å². The third kappa shape index (κ3) is 5.99. The second kappa shape index (κ2) is 9.75. The van der Waals surface area contributed by atoms with E-state index in [2.05, 4.69) is 16.0 Å². The van der Waals surface area contributed by atoms with Crippen LogP contribution < -0.4 is 16.0 Å². The summed E-state index contributed by atoms with van der Waals surface area (Å²) in [4.78, 5) is 23.5. The first kappa shape index (κ1) is 19.7. The summed E-state index contributed by atoms with van der Waals surface area (Å²) in [6.45, 7) is 0.288. The maximum absolute atomic E-state index is 11.9. The van der Waals surface area contributed by atoms with Crippen molar-refractivity contribution in [1.29, 1.82) is 0 Å². The van der Waals surface area contributed by atoms with Gasteiger partial charge in [-0.15, -0.1) is 0 Å². The highest BCUT2D eigenvalue weighted by Crippen LogP contribution is 2.25. The minimum Gasteiger partial charge on any atom is -0.445 e. The lowest BCUT2D eigenvalue weighted by Gasteiger charge is -2.36. The van der Waals surface area contributed by atoms with Crippen LogP contribution in [0.3, 0.4) is 0 Å². The third-order valence-electron chi connectivity index (χ3n) is 4.47. The minimum absolute atomic E-state index is 0.0218. The molecule has 0 saturated heterocycles. The van der Waals surface area contributed by atoms with E-state index in [1.165, 1.54) is 7.11 Å². The monoisotopic (exact) mass is 383 g/mol. The molecule has 0 heterocycles. The van der Waals surface area contributed by atoms with Crippen molar-refractivity contribution >= 4 is 23.4 Å². The van der Waals surface area contributed by atoms with Gasteiger partial charge in [-0.05, 0) is 36.6 Å². The van der Waals surface area contributed by atoms with Crippen LogP contribution in [0.4, 0.5) is 16.2 Å². The molecule has 2 aromatic rings. The molecule has 1 aliphatic carbocycles. The number of alkyl carbamates (subject to hydrolysis) is 1. The van der Waals surface area contributed by atoms with Gasteiger partial charge in [-0.25, -0.2) is 4.79 Å². The number of amides is 2. The Labute approximate surface area is 164 Å². The zero-order chi connectivity index (χ0) is 19.8. The van der Waals surface area contributed by atoms with Crippen LogP contribution in [0, 0.1) is 0 Å². The lowest BCUT2D eigenvalue weighted by atomic mass is 9.86. The van der Waals surface area contributed by atoms with E-state index in [0.717, 1.165) is 24.1 Å². The quantitative estimate of drug-likeness (QED) is 0.652. The number of anilines is 2. The molecule has 148 valence electrons. The molecular formula is C21H25N3O4. The van der Waals surface area contributed by atoms with Gasteiger partial charge in [-0.1, -0.05) is 36.4 Å². The third-order valence-corrected chi connectivity index (χ3v) is 4.47. The van der Waals surface area contributed by atoms with Gasteiger partial charge in [0.1, 0.15) is 13.2 Å². The Morgan fingerprint density at radius 3 is 2.50 bits per heavy atom. The van der Waals surface area contributed by atoms with Crippen molar-refractivity contribution in [2.75, 3.05) is 24.4 Å². The van der Waals surface area contributed by atoms with Crippen LogP contribution >= 0.6 is 0 Å². The van der Waals surface area contributed by atoms with E-state index in [1.54, 1.807) is 0 Å². The first-order chi connectivity index (χ1) is 13.6. The second-order valence-corrected chi connectivity index (χ2v) is 6.78. The second-order valence-electron chi connectivity index (χ2n) is 6.78. The first-order valence-electron chi connectivity index (χ1n) is 9.25. The van der Waals surface area contributed by atoms with E-state index < -0.39 is 6.09 Å². The van der Waals surface area contributed by atoms with Crippen LogP contribution in [-0.2, 0) is 20.9 Å². The number of carbonyl (C=O) groups is 2. The number of benzene rings is 2. The average Bonchev–Trinajstić information content (AvgIpc) is 2.66. The Morgan fingerprint density at radius 1 is 1.00 bits per heavy atom. The Balaban J connectivity index is 1.37. The molecule has 3 N–H and O–H groups in total. The molecule has 0 atom stereocenters. The number of rotatable bonds is 8. The van der Waals surface area contributed by atoms with Crippen LogP contribution in [-0.4, -0.2) is 37.8 Å². The van der Waals surface area contributed by atoms with Crippen molar-refractivity contribution in [3.8, 4) is 0 Å². The molecule has 1 saturated carbocycles. The van der Waals surface area contributed by atoms with E-state index in [4.69, 9.17) is 9.47 Å². The number of hydrogen-bond acceptors (Lipinski definition) is 5. The number of hydrogen-bond donors (Lipinski definition) is 3. The normalized spacial score (nSPS) is 17.9. The average molecular weight is 383 g/mol. The van der Waals surface area contributed by atoms with Gasteiger partial charge in [-0.2, -0.15) is 0 Å². The standard InChI is InChI=1S/C21H25N3O4/c1-27-14-20(25)23-17-9-5-8-16(10-17)22-18-11-19(12-18)24-21(26)28-13-15-6-3-2-4-7-15/h2-10,18-19,22H,11-14H2,1H3,(H,23,25)(H,24,26). The summed E-state index contributed by atoms with van der Waals surface area (Å²) < 4.78 is 10.1. The molecule has 7 heteroatoms. The largest absolute Gasteiger partial charge is 0.445 e. The molecule has 28 heavy (non-hydrogen) atoms. The fourth-order valence-corrected chi connectivity index (χ4v) is 3.04. The lowest BCUT2D eigenvalue weighted by molar-refractivity contribution is -0.119. The Morgan fingerprint density at radius 2 is 1.75 bits per heavy atom. The maximum Gasteiger partial charge on any atom is 0.407 e. The number of carbonyl (C=O) groups excluding carboxylic acids is 2. The predicted molar refractivity (Wildman–Crippen MR) is 107 cm³/mol. The molecule has 1 aliphatic rings. The minimum atomic E-state index is -0.393. The van der Waals surface area contributed by atoms with Crippen molar-refractivity contribution in [2.45, 2.75) is 31.5 Å². The van der Waals surface area contributed by atoms with Gasteiger partial charge in [0.15, 0.2) is 0 Å². The molecule has 0 radical (unpaired) electrons. The van der Waals surface area contributed by atoms with Crippen LogP contribution in [0.5, 0.6) is 0 Å². The van der Waals surface area contributed by atoms with Crippen LogP contribution in [0.15, 0.2) is 54.6 Å². The molecule has 0 unspecified atom stereocenters. The zero-order valence-corrected chi connectivity index (χ0v) is 15.8. The molecule has 0 spiro atoms. The van der Waals surface area contributed by atoms with Crippen LogP contribution in [0.2, 0.25) is 0 Å². The first-order valence-corrected chi connectivity index (χ1v) is 9.25. The summed E-state index contributed by atoms with van der Waals surface area (Å²) in [5, 5.41) is 9.07. The highest BCUT2D eigenvalue weighted by Gasteiger charge is 2.30. The highest BCUT2D eigenvalue weighted by atomic mass is 16.5. The van der Waals surface area contributed by atoms with Gasteiger partial charge < -0.3 is 25.4 Å². The molecule has 3 rings (SSSR count). The van der Waals surface area contributed by atoms with Crippen LogP contribution in [0.25, 0.3) is 0 Å². The molecule has 0 aromatic heterocycles. The molecule has 2 amide bonds. The van der Waals surface area contributed by atoms with Crippen LogP contribution in [0.1, 0.15) is 18.4 Å². The molecule has 7 nitrogen and oxygen atoms in total. The summed E-state index contributed by atoms with van der Waals surface area (Å²) in [6.07, 6.45) is 1.25. The molecular weight excluding hydrogens is 358 g/mol. The maximum atomic E-state index is 11.9. The summed E-state index contributed by atoms with van der Waals surface area (Å²) in [6, 6.07) is 17.5. The Bertz CT molecular complexity index is 791. The zero-order valence-electron chi connectivity index (χ0n) is 15.8. The van der Waals surface area contributed by atoms with E-state index >= 15 is 0 Å². The molecule has 2 aromatic carbocycles. The van der Waals surface area contributed by atoms with Crippen molar-refractivity contribution in [2.24, 2.45) is 0 Å². The predicted octanol–water partition coefficient (Wildman–Crippen LogP) is 3.14. The Kier molecular flexibility index (Phi) is 6.86. The SMILES string of the molecule is COCC(=O)Nc1cccc(NC2CC(NC(=O)OCc3ccccc3)C2)c1. The summed E-state index contributed by atoms with van der Waals surface area (Å²) in [5.74, 6) is -0.193. The van der Waals surface area contributed by atoms with Gasteiger partial charge >= 0.3 is 6.09 Å². The van der Waals surface area contributed by atoms with Gasteiger partial charge in [0, 0.05) is 30.6 Å². The Hall–Kier alpha value is -3.06. The number of methoxy groups -OCH3 is 1. The summed E-state index contributed by atoms with van der Waals surface area (Å²) in [7, 11) is 1.48. The lowest BCUT2D eigenvalue weighted by Crippen LogP contribution is -2.49. The molecule has 0 bridgehead atoms. The summed E-state index contributed by atoms with van der Waals surface area (Å²) in [5.41, 5.74) is 2.60. The molecule has 0 aliphatic heterocycles. The van der Waals surface area contributed by atoms with Gasteiger partial charge in [0.05, 0.1) is 0 Å². The van der Waals surface area contributed by atoms with Crippen molar-refractivity contribution < 1.29 is 19.1 Å². The van der Waals surface area contributed by atoms with Gasteiger partial charge in [0.2, 0.25) is 5.91 Å². The van der Waals surface area contributed by atoms with E-state index in [9.17, 15) is 9.59 Å². The van der Waals surface area contributed by atoms with Crippen molar-refractivity contribution in [1.82, 2.24) is 5.32 Å². The van der Waals surface area contributed by atoms with Crippen molar-refractivity contribution in [3.63, 3.8) is 0 Å². The number of ether oxygens (including phenoxy) is 2. The topological polar surface area (TPSA) is 88.7 Å². The number of nitrogens with one attached hydrogen (secondary N) is 3. The highest BCUT2D eigenvalue weighted by molar-refractivity contribution is 5.92. The van der Waals surface area contributed by atoms with E-state index in [0.29, 0.717) is 5.69 Å². The van der Waals surface area contributed by atoms with Crippen molar-refractivity contribution in [3.05, 3.63) is 60.2 Å². The smallest absolute Gasteiger partial charge is 0.407 e. The van der Waals surface area contributed by atoms with E-state index in [-0.39, 0.29) is 31.2 Å². The fourth-order valence-electron chi connectivity index (χ4n) is 3.04. The van der Waals surface area contributed by atoms with Gasteiger partial charge in [0.25, 0.3) is 0 Å².